The van der Waals surface area contributed by atoms with Crippen LogP contribution in [0.25, 0.3) is 0 Å². The lowest BCUT2D eigenvalue weighted by Gasteiger charge is -2.38. The normalized spacial score (nSPS) is 29.2. The van der Waals surface area contributed by atoms with Gasteiger partial charge in [-0.05, 0) is 30.6 Å². The molecule has 0 nitrogen and oxygen atoms in total. The Morgan fingerprint density at radius 1 is 1.38 bits per heavy atom. The molecule has 16 heavy (non-hydrogen) atoms. The molecule has 0 spiro atoms. The number of rotatable bonds is 4. The molecule has 1 aliphatic rings. The Kier molecular flexibility index (Phi) is 5.67. The van der Waals surface area contributed by atoms with Crippen LogP contribution in [0.1, 0.15) is 65.2 Å². The number of allylic oxidation sites excluding steroid dienone is 1. The predicted molar refractivity (Wildman–Crippen MR) is 72.2 cm³/mol. The van der Waals surface area contributed by atoms with Gasteiger partial charge in [-0.25, -0.2) is 0 Å². The van der Waals surface area contributed by atoms with E-state index in [-0.39, 0.29) is 0 Å². The van der Waals surface area contributed by atoms with Gasteiger partial charge in [0.25, 0.3) is 0 Å². The molecule has 1 rings (SSSR count). The minimum absolute atomic E-state index is 0.345. The monoisotopic (exact) mass is 218 g/mol. The van der Waals surface area contributed by atoms with Crippen molar-refractivity contribution >= 4 is 0 Å². The molecule has 1 fully saturated rings. The van der Waals surface area contributed by atoms with Gasteiger partial charge in [-0.1, -0.05) is 39.2 Å². The third-order valence-electron chi connectivity index (χ3n) is 4.05. The van der Waals surface area contributed by atoms with Gasteiger partial charge in [-0.15, -0.1) is 18.4 Å². The highest BCUT2D eigenvalue weighted by molar-refractivity contribution is 5.06. The van der Waals surface area contributed by atoms with E-state index in [0.717, 1.165) is 18.8 Å². The fourth-order valence-corrected chi connectivity index (χ4v) is 2.58. The minimum Gasteiger partial charge on any atom is -0.103 e. The average molecular weight is 218 g/mol. The van der Waals surface area contributed by atoms with Crippen molar-refractivity contribution < 1.29 is 0 Å². The molecule has 0 heterocycles. The largest absolute Gasteiger partial charge is 0.103 e. The minimum atomic E-state index is 0.345. The van der Waals surface area contributed by atoms with E-state index in [1.165, 1.54) is 38.5 Å². The highest BCUT2D eigenvalue weighted by Gasteiger charge is 2.32. The van der Waals surface area contributed by atoms with Crippen LogP contribution in [0.5, 0.6) is 0 Å². The maximum Gasteiger partial charge on any atom is 0.0125 e. The van der Waals surface area contributed by atoms with Crippen molar-refractivity contribution in [2.75, 3.05) is 0 Å². The number of hydrogen-bond acceptors (Lipinski definition) is 0. The molecule has 0 amide bonds. The van der Waals surface area contributed by atoms with Crippen molar-refractivity contribution in [1.82, 2.24) is 0 Å². The number of unbranched alkanes of at least 4 members (excludes halogenated alkanes) is 2. The molecule has 0 N–H and O–H groups in total. The lowest BCUT2D eigenvalue weighted by Crippen LogP contribution is -2.28. The number of hydrogen-bond donors (Lipinski definition) is 0. The molecular weight excluding hydrogens is 192 g/mol. The molecule has 0 aliphatic heterocycles. The summed E-state index contributed by atoms with van der Waals surface area (Å²) in [5.74, 6) is 7.44. The molecule has 1 aliphatic carbocycles. The van der Waals surface area contributed by atoms with E-state index < -0.39 is 0 Å². The summed E-state index contributed by atoms with van der Waals surface area (Å²) in [5, 5.41) is 0. The zero-order valence-corrected chi connectivity index (χ0v) is 11.0. The van der Waals surface area contributed by atoms with Gasteiger partial charge in [-0.2, -0.15) is 0 Å². The second-order valence-corrected chi connectivity index (χ2v) is 5.31. The van der Waals surface area contributed by atoms with Crippen molar-refractivity contribution in [3.8, 4) is 11.8 Å². The van der Waals surface area contributed by atoms with Gasteiger partial charge in [0, 0.05) is 12.8 Å². The first-order valence-corrected chi connectivity index (χ1v) is 6.82. The molecule has 0 saturated heterocycles. The summed E-state index contributed by atoms with van der Waals surface area (Å²) < 4.78 is 0. The Bertz CT molecular complexity index is 265. The van der Waals surface area contributed by atoms with Gasteiger partial charge >= 0.3 is 0 Å². The highest BCUT2D eigenvalue weighted by atomic mass is 14.4. The molecule has 0 heteroatoms. The quantitative estimate of drug-likeness (QED) is 0.356. The first-order valence-electron chi connectivity index (χ1n) is 6.82. The van der Waals surface area contributed by atoms with Gasteiger partial charge in [0.15, 0.2) is 0 Å². The SMILES string of the molecule is C=C[C@@]1(C)CCCC[C@H]1CC#CCCCC. The Hall–Kier alpha value is -0.700. The van der Waals surface area contributed by atoms with Gasteiger partial charge < -0.3 is 0 Å². The summed E-state index contributed by atoms with van der Waals surface area (Å²) in [7, 11) is 0. The molecule has 0 aromatic heterocycles. The van der Waals surface area contributed by atoms with E-state index >= 15 is 0 Å². The zero-order chi connectivity index (χ0) is 11.9. The molecular formula is C16H26. The predicted octanol–water partition coefficient (Wildman–Crippen LogP) is 4.95. The second-order valence-electron chi connectivity index (χ2n) is 5.31. The van der Waals surface area contributed by atoms with E-state index in [2.05, 4.69) is 38.3 Å². The van der Waals surface area contributed by atoms with Crippen molar-refractivity contribution in [2.24, 2.45) is 11.3 Å². The Morgan fingerprint density at radius 2 is 2.19 bits per heavy atom. The van der Waals surface area contributed by atoms with Crippen molar-refractivity contribution in [3.63, 3.8) is 0 Å². The standard InChI is InChI=1S/C16H26/c1-4-6-7-8-9-12-15-13-10-11-14-16(15,3)5-2/h5,15H,2,4,6-7,10-14H2,1,3H3/t15-,16+/m1/s1. The van der Waals surface area contributed by atoms with E-state index in [4.69, 9.17) is 0 Å². The molecule has 2 atom stereocenters. The van der Waals surface area contributed by atoms with Crippen LogP contribution < -0.4 is 0 Å². The maximum absolute atomic E-state index is 4.02. The molecule has 0 aromatic carbocycles. The Labute approximate surface area is 102 Å². The summed E-state index contributed by atoms with van der Waals surface area (Å²) in [6, 6.07) is 0. The van der Waals surface area contributed by atoms with Crippen LogP contribution in [0, 0.1) is 23.2 Å². The van der Waals surface area contributed by atoms with Crippen LogP contribution in [0.4, 0.5) is 0 Å². The molecule has 90 valence electrons. The summed E-state index contributed by atoms with van der Waals surface area (Å²) in [6.07, 6.45) is 12.2. The van der Waals surface area contributed by atoms with Gasteiger partial charge in [0.2, 0.25) is 0 Å². The van der Waals surface area contributed by atoms with Crippen LogP contribution in [-0.4, -0.2) is 0 Å². The summed E-state index contributed by atoms with van der Waals surface area (Å²) >= 11 is 0. The third kappa shape index (κ3) is 3.71. The van der Waals surface area contributed by atoms with Crippen molar-refractivity contribution in [2.45, 2.75) is 65.2 Å². The molecule has 1 saturated carbocycles. The Morgan fingerprint density at radius 3 is 2.88 bits per heavy atom. The van der Waals surface area contributed by atoms with Crippen LogP contribution in [0.15, 0.2) is 12.7 Å². The van der Waals surface area contributed by atoms with Crippen molar-refractivity contribution in [1.29, 1.82) is 0 Å². The topological polar surface area (TPSA) is 0 Å². The van der Waals surface area contributed by atoms with Crippen LogP contribution in [0.3, 0.4) is 0 Å². The third-order valence-corrected chi connectivity index (χ3v) is 4.05. The van der Waals surface area contributed by atoms with E-state index in [1.54, 1.807) is 0 Å². The fourth-order valence-electron chi connectivity index (χ4n) is 2.58. The van der Waals surface area contributed by atoms with Gasteiger partial charge in [0.05, 0.1) is 0 Å². The summed E-state index contributed by atoms with van der Waals surface area (Å²) in [5.41, 5.74) is 0.345. The molecule has 0 bridgehead atoms. The van der Waals surface area contributed by atoms with Crippen LogP contribution in [0.2, 0.25) is 0 Å². The summed E-state index contributed by atoms with van der Waals surface area (Å²) in [4.78, 5) is 0. The molecule has 0 aromatic rings. The van der Waals surface area contributed by atoms with Gasteiger partial charge in [0.1, 0.15) is 0 Å². The zero-order valence-electron chi connectivity index (χ0n) is 11.0. The lowest BCUT2D eigenvalue weighted by atomic mass is 9.66. The lowest BCUT2D eigenvalue weighted by molar-refractivity contribution is 0.176. The van der Waals surface area contributed by atoms with Gasteiger partial charge in [-0.3, -0.25) is 0 Å². The average Bonchev–Trinajstić information content (AvgIpc) is 2.31. The van der Waals surface area contributed by atoms with Crippen LogP contribution >= 0.6 is 0 Å². The first kappa shape index (κ1) is 13.4. The second kappa shape index (κ2) is 6.79. The van der Waals surface area contributed by atoms with E-state index in [0.29, 0.717) is 5.41 Å². The van der Waals surface area contributed by atoms with Crippen molar-refractivity contribution in [3.05, 3.63) is 12.7 Å². The Balaban J connectivity index is 2.43. The highest BCUT2D eigenvalue weighted by Crippen LogP contribution is 2.43. The first-order chi connectivity index (χ1) is 7.73. The molecule has 0 unspecified atom stereocenters. The van der Waals surface area contributed by atoms with Crippen LogP contribution in [-0.2, 0) is 0 Å². The van der Waals surface area contributed by atoms with E-state index in [9.17, 15) is 0 Å². The fraction of sp³-hybridized carbons (Fsp3) is 0.750. The maximum atomic E-state index is 4.02. The molecule has 0 radical (unpaired) electrons. The smallest absolute Gasteiger partial charge is 0.0125 e. The summed E-state index contributed by atoms with van der Waals surface area (Å²) in [6.45, 7) is 8.59. The van der Waals surface area contributed by atoms with E-state index in [1.807, 2.05) is 0 Å².